The lowest BCUT2D eigenvalue weighted by atomic mass is 9.72. The van der Waals surface area contributed by atoms with Crippen molar-refractivity contribution in [1.29, 1.82) is 0 Å². The normalized spacial score (nSPS) is 16.9. The van der Waals surface area contributed by atoms with Gasteiger partial charge in [-0.1, -0.05) is 43.0 Å². The molecule has 3 aromatic rings. The van der Waals surface area contributed by atoms with Crippen LogP contribution in [0.3, 0.4) is 0 Å². The SMILES string of the molecule is COC(=O)c1cc(OC)nc(OCC(C2CCCCC2)C2(c3ccc(Cl)cc3)Nc3cc(F)c(F)cc3N2)c1. The maximum absolute atomic E-state index is 14.3. The molecule has 5 rings (SSSR count). The Bertz CT molecular complexity index is 1320. The molecule has 1 saturated carbocycles. The second-order valence-corrected chi connectivity index (χ2v) is 10.4. The lowest BCUT2D eigenvalue weighted by Crippen LogP contribution is -2.51. The summed E-state index contributed by atoms with van der Waals surface area (Å²) >= 11 is 6.22. The number of esters is 1. The predicted molar refractivity (Wildman–Crippen MR) is 144 cm³/mol. The number of halogens is 3. The van der Waals surface area contributed by atoms with E-state index in [-0.39, 0.29) is 35.8 Å². The van der Waals surface area contributed by atoms with E-state index >= 15 is 0 Å². The third-order valence-corrected chi connectivity index (χ3v) is 7.87. The second kappa shape index (κ2) is 11.3. The number of methoxy groups -OCH3 is 2. The number of fused-ring (bicyclic) bond motifs is 1. The third kappa shape index (κ3) is 5.45. The quantitative estimate of drug-likeness (QED) is 0.296. The minimum absolute atomic E-state index is 0.188. The van der Waals surface area contributed by atoms with Gasteiger partial charge in [-0.2, -0.15) is 4.98 Å². The molecule has 2 aromatic carbocycles. The van der Waals surface area contributed by atoms with Crippen LogP contribution in [0.2, 0.25) is 5.02 Å². The highest BCUT2D eigenvalue weighted by Crippen LogP contribution is 2.49. The van der Waals surface area contributed by atoms with Crippen LogP contribution in [0.4, 0.5) is 20.2 Å². The fourth-order valence-corrected chi connectivity index (χ4v) is 5.81. The van der Waals surface area contributed by atoms with Crippen molar-refractivity contribution in [2.24, 2.45) is 11.8 Å². The number of carbonyl (C=O) groups excluding carboxylic acids is 1. The van der Waals surface area contributed by atoms with Gasteiger partial charge >= 0.3 is 5.97 Å². The number of pyridine rings is 1. The minimum Gasteiger partial charge on any atom is -0.481 e. The minimum atomic E-state index is -0.959. The maximum Gasteiger partial charge on any atom is 0.338 e. The van der Waals surface area contributed by atoms with E-state index in [2.05, 4.69) is 15.6 Å². The fraction of sp³-hybridized carbons (Fsp3) is 0.379. The summed E-state index contributed by atoms with van der Waals surface area (Å²) in [5.41, 5.74) is 1.04. The number of ether oxygens (including phenoxy) is 3. The molecule has 0 bridgehead atoms. The van der Waals surface area contributed by atoms with Crippen LogP contribution in [-0.2, 0) is 10.4 Å². The number of hydrogen-bond donors (Lipinski definition) is 2. The molecule has 2 heterocycles. The largest absolute Gasteiger partial charge is 0.481 e. The number of benzene rings is 2. The van der Waals surface area contributed by atoms with E-state index in [0.29, 0.717) is 16.4 Å². The first-order chi connectivity index (χ1) is 18.8. The Labute approximate surface area is 230 Å². The van der Waals surface area contributed by atoms with E-state index in [1.54, 1.807) is 12.1 Å². The Hall–Kier alpha value is -3.59. The Morgan fingerprint density at radius 1 is 1.00 bits per heavy atom. The monoisotopic (exact) mass is 557 g/mol. The van der Waals surface area contributed by atoms with Gasteiger partial charge in [-0.25, -0.2) is 13.6 Å². The zero-order valence-corrected chi connectivity index (χ0v) is 22.5. The van der Waals surface area contributed by atoms with Crippen LogP contribution in [0.5, 0.6) is 11.8 Å². The zero-order chi connectivity index (χ0) is 27.6. The Morgan fingerprint density at radius 2 is 1.62 bits per heavy atom. The molecular weight excluding hydrogens is 528 g/mol. The number of hydrogen-bond acceptors (Lipinski definition) is 7. The van der Waals surface area contributed by atoms with Crippen molar-refractivity contribution in [2.45, 2.75) is 37.8 Å². The van der Waals surface area contributed by atoms with Gasteiger partial charge in [0.25, 0.3) is 0 Å². The van der Waals surface area contributed by atoms with Gasteiger partial charge < -0.3 is 24.8 Å². The number of carbonyl (C=O) groups is 1. The molecule has 0 radical (unpaired) electrons. The molecule has 39 heavy (non-hydrogen) atoms. The highest BCUT2D eigenvalue weighted by Gasteiger charge is 2.49. The molecule has 1 unspecified atom stereocenters. The number of nitrogens with one attached hydrogen (secondary N) is 2. The summed E-state index contributed by atoms with van der Waals surface area (Å²) in [5.74, 6) is -2.00. The molecular formula is C29H30ClF2N3O4. The van der Waals surface area contributed by atoms with E-state index < -0.39 is 23.3 Å². The summed E-state index contributed by atoms with van der Waals surface area (Å²) < 4.78 is 44.9. The topological polar surface area (TPSA) is 81.7 Å². The van der Waals surface area contributed by atoms with Crippen LogP contribution >= 0.6 is 11.6 Å². The molecule has 1 aromatic heterocycles. The smallest absolute Gasteiger partial charge is 0.338 e. The van der Waals surface area contributed by atoms with Crippen molar-refractivity contribution in [3.8, 4) is 11.8 Å². The van der Waals surface area contributed by atoms with Crippen molar-refractivity contribution >= 4 is 28.9 Å². The van der Waals surface area contributed by atoms with Crippen LogP contribution in [-0.4, -0.2) is 31.8 Å². The third-order valence-electron chi connectivity index (χ3n) is 7.62. The van der Waals surface area contributed by atoms with Gasteiger partial charge in [-0.15, -0.1) is 0 Å². The Morgan fingerprint density at radius 3 is 2.21 bits per heavy atom. The molecule has 0 amide bonds. The van der Waals surface area contributed by atoms with Crippen molar-refractivity contribution in [3.05, 3.63) is 76.3 Å². The number of rotatable bonds is 8. The molecule has 1 atom stereocenters. The molecule has 206 valence electrons. The number of aromatic nitrogens is 1. The van der Waals surface area contributed by atoms with E-state index in [0.717, 1.165) is 37.7 Å². The molecule has 2 aliphatic rings. The van der Waals surface area contributed by atoms with Crippen LogP contribution in [0, 0.1) is 23.5 Å². The van der Waals surface area contributed by atoms with Gasteiger partial charge in [0, 0.05) is 35.2 Å². The molecule has 1 fully saturated rings. The van der Waals surface area contributed by atoms with E-state index in [1.165, 1.54) is 38.5 Å². The van der Waals surface area contributed by atoms with Crippen molar-refractivity contribution in [1.82, 2.24) is 4.98 Å². The Balaban J connectivity index is 1.56. The van der Waals surface area contributed by atoms with E-state index in [4.69, 9.17) is 25.8 Å². The average molecular weight is 558 g/mol. The van der Waals surface area contributed by atoms with E-state index in [1.807, 2.05) is 12.1 Å². The maximum atomic E-state index is 14.3. The Kier molecular flexibility index (Phi) is 7.79. The van der Waals surface area contributed by atoms with Crippen molar-refractivity contribution in [3.63, 3.8) is 0 Å². The first kappa shape index (κ1) is 27.0. The zero-order valence-electron chi connectivity index (χ0n) is 21.7. The first-order valence-electron chi connectivity index (χ1n) is 12.9. The number of anilines is 2. The van der Waals surface area contributed by atoms with Gasteiger partial charge in [-0.05, 0) is 36.5 Å². The summed E-state index contributed by atoms with van der Waals surface area (Å²) in [6.45, 7) is 0.188. The van der Waals surface area contributed by atoms with E-state index in [9.17, 15) is 13.6 Å². The lowest BCUT2D eigenvalue weighted by molar-refractivity contribution is 0.0598. The summed E-state index contributed by atoms with van der Waals surface area (Å²) in [6, 6.07) is 12.7. The molecule has 0 spiro atoms. The molecule has 1 aliphatic heterocycles. The van der Waals surface area contributed by atoms with Crippen LogP contribution in [0.25, 0.3) is 0 Å². The summed E-state index contributed by atoms with van der Waals surface area (Å²) in [5, 5.41) is 7.55. The van der Waals surface area contributed by atoms with Gasteiger partial charge in [0.2, 0.25) is 11.8 Å². The van der Waals surface area contributed by atoms with Crippen molar-refractivity contribution in [2.75, 3.05) is 31.5 Å². The van der Waals surface area contributed by atoms with Gasteiger partial charge in [0.1, 0.15) is 5.66 Å². The van der Waals surface area contributed by atoms with Gasteiger partial charge in [-0.3, -0.25) is 0 Å². The summed E-state index contributed by atoms with van der Waals surface area (Å²) in [4.78, 5) is 16.6. The molecule has 10 heteroatoms. The van der Waals surface area contributed by atoms with Crippen molar-refractivity contribution < 1.29 is 27.8 Å². The molecule has 2 N–H and O–H groups in total. The first-order valence-corrected chi connectivity index (χ1v) is 13.3. The standard InChI is InChI=1S/C29H30ClF2N3O4/c1-37-26-12-18(28(36)38-2)13-27(33-26)39-16-21(17-6-4-3-5-7-17)29(19-8-10-20(30)11-9-19)34-24-14-22(31)23(32)15-25(24)35-29/h8-15,17,21,34-35H,3-7,16H2,1-2H3. The molecule has 1 aliphatic carbocycles. The fourth-order valence-electron chi connectivity index (χ4n) is 5.69. The highest BCUT2D eigenvalue weighted by atomic mass is 35.5. The second-order valence-electron chi connectivity index (χ2n) is 9.92. The van der Waals surface area contributed by atoms with Crippen LogP contribution < -0.4 is 20.1 Å². The molecule has 0 saturated heterocycles. The van der Waals surface area contributed by atoms with Gasteiger partial charge in [0.05, 0.1) is 37.8 Å². The van der Waals surface area contributed by atoms with Gasteiger partial charge in [0.15, 0.2) is 11.6 Å². The predicted octanol–water partition coefficient (Wildman–Crippen LogP) is 6.77. The molecule has 7 nitrogen and oxygen atoms in total. The summed E-state index contributed by atoms with van der Waals surface area (Å²) in [6.07, 6.45) is 5.21. The highest BCUT2D eigenvalue weighted by molar-refractivity contribution is 6.30. The number of nitrogens with zero attached hydrogens (tertiary/aromatic N) is 1. The van der Waals surface area contributed by atoms with Crippen LogP contribution in [0.15, 0.2) is 48.5 Å². The summed E-state index contributed by atoms with van der Waals surface area (Å²) in [7, 11) is 2.75. The van der Waals surface area contributed by atoms with Crippen LogP contribution in [0.1, 0.15) is 48.0 Å². The lowest BCUT2D eigenvalue weighted by Gasteiger charge is -2.44. The average Bonchev–Trinajstić information content (AvgIpc) is 3.32.